The predicted octanol–water partition coefficient (Wildman–Crippen LogP) is 2.95. The van der Waals surface area contributed by atoms with Crippen LogP contribution >= 0.6 is 0 Å². The Morgan fingerprint density at radius 2 is 2.00 bits per heavy atom. The summed E-state index contributed by atoms with van der Waals surface area (Å²) >= 11 is 0. The summed E-state index contributed by atoms with van der Waals surface area (Å²) in [5.74, 6) is 0. The molecule has 0 atom stereocenters. The fraction of sp³-hybridized carbons (Fsp3) is 0.500. The summed E-state index contributed by atoms with van der Waals surface area (Å²) in [6.45, 7) is 11.4. The number of aromatic nitrogens is 3. The summed E-state index contributed by atoms with van der Waals surface area (Å²) in [6.07, 6.45) is 3.92. The van der Waals surface area contributed by atoms with Crippen LogP contribution in [0.1, 0.15) is 30.8 Å². The molecule has 1 N–H and O–H groups in total. The monoisotopic (exact) mass is 246 g/mol. The quantitative estimate of drug-likeness (QED) is 0.880. The Kier molecular flexibility index (Phi) is 3.75. The molecule has 4 nitrogen and oxygen atoms in total. The number of hydrogen-bond acceptors (Lipinski definition) is 2. The zero-order valence-electron chi connectivity index (χ0n) is 11.7. The van der Waals surface area contributed by atoms with Gasteiger partial charge in [0.25, 0.3) is 0 Å². The Hall–Kier alpha value is -1.71. The highest BCUT2D eigenvalue weighted by atomic mass is 15.3. The van der Waals surface area contributed by atoms with Crippen molar-refractivity contribution >= 4 is 5.69 Å². The summed E-state index contributed by atoms with van der Waals surface area (Å²) in [5, 5.41) is 7.68. The lowest BCUT2D eigenvalue weighted by molar-refractivity contribution is 0.660. The fourth-order valence-electron chi connectivity index (χ4n) is 2.36. The minimum Gasteiger partial charge on any atom is -0.378 e. The first-order valence-electron chi connectivity index (χ1n) is 6.57. The van der Waals surface area contributed by atoms with E-state index in [1.165, 1.54) is 17.0 Å². The second-order valence-electron chi connectivity index (χ2n) is 4.58. The van der Waals surface area contributed by atoms with Gasteiger partial charge in [-0.2, -0.15) is 5.10 Å². The van der Waals surface area contributed by atoms with E-state index >= 15 is 0 Å². The number of nitrogens with one attached hydrogen (secondary N) is 1. The van der Waals surface area contributed by atoms with E-state index in [2.05, 4.69) is 48.7 Å². The van der Waals surface area contributed by atoms with Crippen molar-refractivity contribution in [2.75, 3.05) is 5.32 Å². The van der Waals surface area contributed by atoms with Gasteiger partial charge in [-0.25, -0.2) is 0 Å². The van der Waals surface area contributed by atoms with Crippen molar-refractivity contribution in [2.45, 2.75) is 47.3 Å². The average molecular weight is 246 g/mol. The maximum absolute atomic E-state index is 4.26. The molecule has 0 aliphatic carbocycles. The van der Waals surface area contributed by atoms with Gasteiger partial charge in [-0.1, -0.05) is 0 Å². The molecule has 0 saturated heterocycles. The lowest BCUT2D eigenvalue weighted by Gasteiger charge is -2.06. The summed E-state index contributed by atoms with van der Waals surface area (Å²) in [5.41, 5.74) is 5.12. The van der Waals surface area contributed by atoms with Gasteiger partial charge in [0.05, 0.1) is 11.9 Å². The molecule has 0 unspecified atom stereocenters. The van der Waals surface area contributed by atoms with Crippen molar-refractivity contribution in [1.29, 1.82) is 0 Å². The minimum atomic E-state index is 0.856. The number of hydrogen-bond donors (Lipinski definition) is 1. The third kappa shape index (κ3) is 2.42. The molecule has 0 amide bonds. The SMILES string of the molecule is CCn1cc(NCc2cc(C)n(CC)c2C)cn1. The van der Waals surface area contributed by atoms with Gasteiger partial charge in [-0.3, -0.25) is 4.68 Å². The highest BCUT2D eigenvalue weighted by molar-refractivity contribution is 5.40. The van der Waals surface area contributed by atoms with E-state index in [9.17, 15) is 0 Å². The molecule has 2 aromatic rings. The van der Waals surface area contributed by atoms with Crippen molar-refractivity contribution in [2.24, 2.45) is 0 Å². The van der Waals surface area contributed by atoms with Crippen molar-refractivity contribution < 1.29 is 0 Å². The summed E-state index contributed by atoms with van der Waals surface area (Å²) in [7, 11) is 0. The maximum atomic E-state index is 4.26. The van der Waals surface area contributed by atoms with Crippen LogP contribution in [0.4, 0.5) is 5.69 Å². The largest absolute Gasteiger partial charge is 0.378 e. The van der Waals surface area contributed by atoms with Gasteiger partial charge < -0.3 is 9.88 Å². The normalized spacial score (nSPS) is 10.9. The van der Waals surface area contributed by atoms with Crippen LogP contribution < -0.4 is 5.32 Å². The van der Waals surface area contributed by atoms with E-state index in [1.807, 2.05) is 17.1 Å². The van der Waals surface area contributed by atoms with Crippen molar-refractivity contribution in [1.82, 2.24) is 14.3 Å². The Labute approximate surface area is 109 Å². The molecule has 98 valence electrons. The molecule has 2 aromatic heterocycles. The lowest BCUT2D eigenvalue weighted by Crippen LogP contribution is -2.02. The zero-order valence-corrected chi connectivity index (χ0v) is 11.7. The van der Waals surface area contributed by atoms with Gasteiger partial charge >= 0.3 is 0 Å². The lowest BCUT2D eigenvalue weighted by atomic mass is 10.2. The van der Waals surface area contributed by atoms with E-state index in [0.717, 1.165) is 25.3 Å². The van der Waals surface area contributed by atoms with Gasteiger partial charge in [0, 0.05) is 37.2 Å². The second kappa shape index (κ2) is 5.29. The molecular formula is C14H22N4. The second-order valence-corrected chi connectivity index (χ2v) is 4.58. The zero-order chi connectivity index (χ0) is 13.1. The molecule has 18 heavy (non-hydrogen) atoms. The molecule has 4 heteroatoms. The molecule has 0 aromatic carbocycles. The third-order valence-corrected chi connectivity index (χ3v) is 3.43. The summed E-state index contributed by atoms with van der Waals surface area (Å²) in [6, 6.07) is 2.26. The smallest absolute Gasteiger partial charge is 0.0729 e. The first-order chi connectivity index (χ1) is 8.65. The number of rotatable bonds is 5. The van der Waals surface area contributed by atoms with E-state index in [0.29, 0.717) is 0 Å². The average Bonchev–Trinajstić information content (AvgIpc) is 2.92. The van der Waals surface area contributed by atoms with Gasteiger partial charge in [-0.05, 0) is 39.3 Å². The van der Waals surface area contributed by atoms with E-state index in [1.54, 1.807) is 0 Å². The van der Waals surface area contributed by atoms with Gasteiger partial charge in [-0.15, -0.1) is 0 Å². The summed E-state index contributed by atoms with van der Waals surface area (Å²) < 4.78 is 4.27. The standard InChI is InChI=1S/C14H22N4/c1-5-17-10-14(9-16-17)15-8-13-7-11(3)18(6-2)12(13)4/h7,9-10,15H,5-6,8H2,1-4H3. The van der Waals surface area contributed by atoms with Crippen molar-refractivity contribution in [3.05, 3.63) is 35.4 Å². The van der Waals surface area contributed by atoms with E-state index in [-0.39, 0.29) is 0 Å². The highest BCUT2D eigenvalue weighted by Gasteiger charge is 2.07. The molecule has 0 spiro atoms. The fourth-order valence-corrected chi connectivity index (χ4v) is 2.36. The molecule has 0 radical (unpaired) electrons. The molecular weight excluding hydrogens is 224 g/mol. The topological polar surface area (TPSA) is 34.8 Å². The van der Waals surface area contributed by atoms with Gasteiger partial charge in [0.1, 0.15) is 0 Å². The third-order valence-electron chi connectivity index (χ3n) is 3.43. The van der Waals surface area contributed by atoms with E-state index in [4.69, 9.17) is 0 Å². The van der Waals surface area contributed by atoms with Crippen LogP contribution in [0.25, 0.3) is 0 Å². The highest BCUT2D eigenvalue weighted by Crippen LogP contribution is 2.16. The van der Waals surface area contributed by atoms with Gasteiger partial charge in [0.15, 0.2) is 0 Å². The Balaban J connectivity index is 2.06. The Morgan fingerprint density at radius 1 is 1.22 bits per heavy atom. The minimum absolute atomic E-state index is 0.856. The first kappa shape index (κ1) is 12.7. The van der Waals surface area contributed by atoms with Crippen LogP contribution in [-0.4, -0.2) is 14.3 Å². The molecule has 0 fully saturated rings. The van der Waals surface area contributed by atoms with Crippen LogP contribution in [-0.2, 0) is 19.6 Å². The molecule has 2 heterocycles. The first-order valence-corrected chi connectivity index (χ1v) is 6.57. The van der Waals surface area contributed by atoms with Crippen LogP contribution in [0.3, 0.4) is 0 Å². The Bertz CT molecular complexity index is 522. The molecule has 0 bridgehead atoms. The van der Waals surface area contributed by atoms with Crippen molar-refractivity contribution in [3.63, 3.8) is 0 Å². The van der Waals surface area contributed by atoms with Crippen molar-refractivity contribution in [3.8, 4) is 0 Å². The van der Waals surface area contributed by atoms with Crippen LogP contribution in [0.15, 0.2) is 18.5 Å². The Morgan fingerprint density at radius 3 is 2.56 bits per heavy atom. The molecule has 0 saturated carbocycles. The maximum Gasteiger partial charge on any atom is 0.0729 e. The van der Waals surface area contributed by atoms with Crippen LogP contribution in [0.5, 0.6) is 0 Å². The van der Waals surface area contributed by atoms with Crippen LogP contribution in [0.2, 0.25) is 0 Å². The van der Waals surface area contributed by atoms with Crippen LogP contribution in [0, 0.1) is 13.8 Å². The van der Waals surface area contributed by atoms with E-state index < -0.39 is 0 Å². The molecule has 0 aliphatic heterocycles. The molecule has 2 rings (SSSR count). The summed E-state index contributed by atoms with van der Waals surface area (Å²) in [4.78, 5) is 0. The number of anilines is 1. The predicted molar refractivity (Wildman–Crippen MR) is 74.8 cm³/mol. The van der Waals surface area contributed by atoms with Gasteiger partial charge in [0.2, 0.25) is 0 Å². The number of nitrogens with zero attached hydrogens (tertiary/aromatic N) is 3. The molecule has 0 aliphatic rings. The number of aryl methyl sites for hydroxylation is 2.